The molecular formula is C14H18N2O2. The van der Waals surface area contributed by atoms with Gasteiger partial charge in [-0.2, -0.15) is 0 Å². The number of hydrogen-bond donors (Lipinski definition) is 1. The van der Waals surface area contributed by atoms with Crippen molar-refractivity contribution in [1.82, 2.24) is 5.32 Å². The van der Waals surface area contributed by atoms with E-state index in [4.69, 9.17) is 11.3 Å². The lowest BCUT2D eigenvalue weighted by molar-refractivity contribution is 0.139. The summed E-state index contributed by atoms with van der Waals surface area (Å²) >= 11 is 0. The van der Waals surface area contributed by atoms with Crippen LogP contribution in [0.15, 0.2) is 30.3 Å². The van der Waals surface area contributed by atoms with Crippen LogP contribution in [0.3, 0.4) is 0 Å². The van der Waals surface area contributed by atoms with Gasteiger partial charge in [-0.1, -0.05) is 30.3 Å². The van der Waals surface area contributed by atoms with Crippen molar-refractivity contribution < 1.29 is 9.53 Å². The van der Waals surface area contributed by atoms with Crippen LogP contribution in [0.1, 0.15) is 24.8 Å². The molecule has 0 unspecified atom stereocenters. The van der Waals surface area contributed by atoms with Crippen molar-refractivity contribution in [2.45, 2.75) is 25.9 Å². The van der Waals surface area contributed by atoms with Gasteiger partial charge in [-0.25, -0.2) is 11.4 Å². The molecule has 1 aromatic carbocycles. The molecule has 0 aliphatic rings. The van der Waals surface area contributed by atoms with E-state index in [1.54, 1.807) is 0 Å². The zero-order valence-electron chi connectivity index (χ0n) is 10.4. The lowest BCUT2D eigenvalue weighted by atomic mass is 10.2. The smallest absolute Gasteiger partial charge is 0.407 e. The largest absolute Gasteiger partial charge is 0.445 e. The molecule has 1 rings (SSSR count). The maximum Gasteiger partial charge on any atom is 0.407 e. The second kappa shape index (κ2) is 9.06. The summed E-state index contributed by atoms with van der Waals surface area (Å²) in [6.45, 7) is 8.09. The van der Waals surface area contributed by atoms with Gasteiger partial charge in [-0.15, -0.1) is 0 Å². The molecule has 18 heavy (non-hydrogen) atoms. The van der Waals surface area contributed by atoms with Crippen molar-refractivity contribution in [3.8, 4) is 0 Å². The zero-order valence-corrected chi connectivity index (χ0v) is 10.4. The van der Waals surface area contributed by atoms with Gasteiger partial charge < -0.3 is 14.9 Å². The predicted molar refractivity (Wildman–Crippen MR) is 69.9 cm³/mol. The van der Waals surface area contributed by atoms with E-state index in [0.29, 0.717) is 19.7 Å². The molecule has 1 N–H and O–H groups in total. The molecule has 0 saturated carbocycles. The Labute approximate surface area is 108 Å². The van der Waals surface area contributed by atoms with E-state index >= 15 is 0 Å². The Hall–Kier alpha value is -2.02. The van der Waals surface area contributed by atoms with Gasteiger partial charge in [-0.05, 0) is 18.4 Å². The highest BCUT2D eigenvalue weighted by atomic mass is 16.5. The van der Waals surface area contributed by atoms with Gasteiger partial charge >= 0.3 is 6.09 Å². The number of unbranched alkanes of at least 4 members (excludes halogenated alkanes) is 2. The SMILES string of the molecule is [C-]#[N+]CCCCCNC(=O)OCc1ccccc1. The summed E-state index contributed by atoms with van der Waals surface area (Å²) < 4.78 is 5.06. The van der Waals surface area contributed by atoms with Gasteiger partial charge in [0.25, 0.3) is 0 Å². The summed E-state index contributed by atoms with van der Waals surface area (Å²) in [5, 5.41) is 2.69. The van der Waals surface area contributed by atoms with Crippen molar-refractivity contribution in [2.24, 2.45) is 0 Å². The standard InChI is InChI=1S/C14H18N2O2/c1-15-10-6-3-7-11-16-14(17)18-12-13-8-4-2-5-9-13/h2,4-5,8-9H,3,6-7,10-12H2,(H,16,17). The predicted octanol–water partition coefficient (Wildman–Crippen LogP) is 3.00. The summed E-state index contributed by atoms with van der Waals surface area (Å²) in [7, 11) is 0. The van der Waals surface area contributed by atoms with E-state index in [1.165, 1.54) is 0 Å². The summed E-state index contributed by atoms with van der Waals surface area (Å²) in [5.74, 6) is 0. The first-order valence-electron chi connectivity index (χ1n) is 6.10. The molecule has 0 saturated heterocycles. The molecule has 4 nitrogen and oxygen atoms in total. The van der Waals surface area contributed by atoms with Gasteiger partial charge in [0.15, 0.2) is 0 Å². The minimum atomic E-state index is -0.385. The number of hydrogen-bond acceptors (Lipinski definition) is 2. The Morgan fingerprint density at radius 2 is 2.00 bits per heavy atom. The highest BCUT2D eigenvalue weighted by molar-refractivity contribution is 5.67. The van der Waals surface area contributed by atoms with Gasteiger partial charge in [-0.3, -0.25) is 0 Å². The molecule has 0 aliphatic carbocycles. The Morgan fingerprint density at radius 3 is 2.72 bits per heavy atom. The van der Waals surface area contributed by atoms with Gasteiger partial charge in [0.1, 0.15) is 6.61 Å². The molecule has 1 aromatic rings. The van der Waals surface area contributed by atoms with Crippen molar-refractivity contribution in [3.05, 3.63) is 47.3 Å². The number of carbonyl (C=O) groups is 1. The van der Waals surface area contributed by atoms with E-state index in [0.717, 1.165) is 24.8 Å². The summed E-state index contributed by atoms with van der Waals surface area (Å²) in [6.07, 6.45) is 2.35. The monoisotopic (exact) mass is 246 g/mol. The minimum absolute atomic E-state index is 0.296. The van der Waals surface area contributed by atoms with Crippen LogP contribution < -0.4 is 5.32 Å². The number of nitrogens with zero attached hydrogens (tertiary/aromatic N) is 1. The molecule has 0 fully saturated rings. The average molecular weight is 246 g/mol. The average Bonchev–Trinajstić information content (AvgIpc) is 2.41. The van der Waals surface area contributed by atoms with Crippen LogP contribution in [0, 0.1) is 6.57 Å². The molecule has 4 heteroatoms. The van der Waals surface area contributed by atoms with Crippen LogP contribution in [0.2, 0.25) is 0 Å². The molecule has 0 atom stereocenters. The molecule has 0 aromatic heterocycles. The summed E-state index contributed by atoms with van der Waals surface area (Å²) in [5.41, 5.74) is 0.977. The third-order valence-electron chi connectivity index (χ3n) is 2.43. The Balaban J connectivity index is 2.03. The molecule has 0 spiro atoms. The minimum Gasteiger partial charge on any atom is -0.445 e. The van der Waals surface area contributed by atoms with E-state index in [-0.39, 0.29) is 6.09 Å². The zero-order chi connectivity index (χ0) is 13.1. The molecule has 0 heterocycles. The molecule has 0 radical (unpaired) electrons. The van der Waals surface area contributed by atoms with E-state index in [9.17, 15) is 4.79 Å². The molecule has 1 amide bonds. The van der Waals surface area contributed by atoms with Crippen LogP contribution in [0.5, 0.6) is 0 Å². The first kappa shape index (κ1) is 14.0. The van der Waals surface area contributed by atoms with Crippen molar-refractivity contribution in [1.29, 1.82) is 0 Å². The fraction of sp³-hybridized carbons (Fsp3) is 0.429. The molecule has 0 aliphatic heterocycles. The van der Waals surface area contributed by atoms with E-state index < -0.39 is 0 Å². The van der Waals surface area contributed by atoms with E-state index in [2.05, 4.69) is 10.2 Å². The summed E-state index contributed by atoms with van der Waals surface area (Å²) in [4.78, 5) is 14.6. The van der Waals surface area contributed by atoms with E-state index in [1.807, 2.05) is 30.3 Å². The number of alkyl carbamates (subject to hydrolysis) is 1. The van der Waals surface area contributed by atoms with Gasteiger partial charge in [0.05, 0.1) is 0 Å². The first-order valence-corrected chi connectivity index (χ1v) is 6.10. The van der Waals surface area contributed by atoms with Crippen LogP contribution in [-0.2, 0) is 11.3 Å². The topological polar surface area (TPSA) is 42.7 Å². The fourth-order valence-corrected chi connectivity index (χ4v) is 1.46. The van der Waals surface area contributed by atoms with Crippen molar-refractivity contribution >= 4 is 6.09 Å². The highest BCUT2D eigenvalue weighted by Crippen LogP contribution is 2.00. The van der Waals surface area contributed by atoms with Crippen molar-refractivity contribution in [3.63, 3.8) is 0 Å². The maximum absolute atomic E-state index is 11.3. The third-order valence-corrected chi connectivity index (χ3v) is 2.43. The normalized spacial score (nSPS) is 9.50. The Morgan fingerprint density at radius 1 is 1.22 bits per heavy atom. The molecule has 0 bridgehead atoms. The van der Waals surface area contributed by atoms with Gasteiger partial charge in [0.2, 0.25) is 6.54 Å². The molecule has 96 valence electrons. The van der Waals surface area contributed by atoms with Crippen LogP contribution in [0.4, 0.5) is 4.79 Å². The number of nitrogens with one attached hydrogen (secondary N) is 1. The van der Waals surface area contributed by atoms with Gasteiger partial charge in [0, 0.05) is 13.0 Å². The molecular weight excluding hydrogens is 228 g/mol. The third kappa shape index (κ3) is 6.54. The van der Waals surface area contributed by atoms with Crippen LogP contribution in [-0.4, -0.2) is 19.2 Å². The summed E-state index contributed by atoms with van der Waals surface area (Å²) in [6, 6.07) is 9.57. The Bertz CT molecular complexity index is 385. The lowest BCUT2D eigenvalue weighted by Crippen LogP contribution is -2.25. The second-order valence-corrected chi connectivity index (χ2v) is 3.93. The van der Waals surface area contributed by atoms with Crippen molar-refractivity contribution in [2.75, 3.05) is 13.1 Å². The number of rotatable bonds is 7. The highest BCUT2D eigenvalue weighted by Gasteiger charge is 2.01. The fourth-order valence-electron chi connectivity index (χ4n) is 1.46. The lowest BCUT2D eigenvalue weighted by Gasteiger charge is -2.06. The quantitative estimate of drug-likeness (QED) is 0.593. The number of benzene rings is 1. The number of ether oxygens (including phenoxy) is 1. The van der Waals surface area contributed by atoms with Crippen LogP contribution >= 0.6 is 0 Å². The number of carbonyl (C=O) groups excluding carboxylic acids is 1. The second-order valence-electron chi connectivity index (χ2n) is 3.93. The maximum atomic E-state index is 11.3. The number of amides is 1. The van der Waals surface area contributed by atoms with Crippen LogP contribution in [0.25, 0.3) is 4.85 Å². The Kier molecular flexibility index (Phi) is 7.07. The first-order chi connectivity index (χ1) is 8.83.